The van der Waals surface area contributed by atoms with Crippen LogP contribution in [0.1, 0.15) is 66.2 Å². The lowest BCUT2D eigenvalue weighted by molar-refractivity contribution is 0.0536. The molecule has 13 heavy (non-hydrogen) atoms. The van der Waals surface area contributed by atoms with Crippen LogP contribution in [-0.2, 0) is 0 Å². The minimum Gasteiger partial charge on any atom is -0.390 e. The molecule has 1 heteroatoms. The van der Waals surface area contributed by atoms with Crippen molar-refractivity contribution in [3.63, 3.8) is 0 Å². The Hall–Kier alpha value is -0.0400. The van der Waals surface area contributed by atoms with Crippen molar-refractivity contribution in [1.29, 1.82) is 0 Å². The molecule has 0 saturated heterocycles. The minimum absolute atomic E-state index is 0.482. The summed E-state index contributed by atoms with van der Waals surface area (Å²) < 4.78 is 0. The molecule has 0 aromatic heterocycles. The highest BCUT2D eigenvalue weighted by atomic mass is 16.3. The predicted molar refractivity (Wildman–Crippen MR) is 58.8 cm³/mol. The Balaban J connectivity index is 3.35. The summed E-state index contributed by atoms with van der Waals surface area (Å²) in [5.41, 5.74) is -0.482. The summed E-state index contributed by atoms with van der Waals surface area (Å²) in [4.78, 5) is 0. The van der Waals surface area contributed by atoms with Crippen LogP contribution in [0, 0.1) is 5.92 Å². The lowest BCUT2D eigenvalue weighted by atomic mass is 9.91. The van der Waals surface area contributed by atoms with E-state index in [0.29, 0.717) is 5.92 Å². The fraction of sp³-hybridized carbons (Fsp3) is 1.00. The third-order valence-corrected chi connectivity index (χ3v) is 2.40. The molecule has 0 saturated carbocycles. The molecule has 0 fully saturated rings. The Morgan fingerprint density at radius 3 is 2.23 bits per heavy atom. The second-order valence-electron chi connectivity index (χ2n) is 4.97. The smallest absolute Gasteiger partial charge is 0.0594 e. The monoisotopic (exact) mass is 186 g/mol. The Labute approximate surface area is 83.5 Å². The van der Waals surface area contributed by atoms with Gasteiger partial charge < -0.3 is 5.11 Å². The van der Waals surface area contributed by atoms with Gasteiger partial charge in [0, 0.05) is 0 Å². The molecule has 0 aliphatic rings. The van der Waals surface area contributed by atoms with Crippen molar-refractivity contribution in [2.75, 3.05) is 0 Å². The van der Waals surface area contributed by atoms with Crippen molar-refractivity contribution in [2.45, 2.75) is 71.8 Å². The predicted octanol–water partition coefficient (Wildman–Crippen LogP) is 3.75. The van der Waals surface area contributed by atoms with Crippen LogP contribution in [0.15, 0.2) is 0 Å². The van der Waals surface area contributed by atoms with Crippen LogP contribution in [0.25, 0.3) is 0 Å². The molecule has 0 amide bonds. The molecule has 1 atom stereocenters. The Morgan fingerprint density at radius 2 is 1.77 bits per heavy atom. The quantitative estimate of drug-likeness (QED) is 0.600. The van der Waals surface area contributed by atoms with Gasteiger partial charge in [0.2, 0.25) is 0 Å². The molecule has 0 spiro atoms. The van der Waals surface area contributed by atoms with Crippen molar-refractivity contribution in [1.82, 2.24) is 0 Å². The van der Waals surface area contributed by atoms with Gasteiger partial charge in [-0.25, -0.2) is 0 Å². The van der Waals surface area contributed by atoms with E-state index in [1.165, 1.54) is 32.1 Å². The van der Waals surface area contributed by atoms with Crippen LogP contribution in [-0.4, -0.2) is 10.7 Å². The zero-order chi connectivity index (χ0) is 10.3. The lowest BCUT2D eigenvalue weighted by Crippen LogP contribution is -2.21. The second-order valence-corrected chi connectivity index (χ2v) is 4.97. The number of hydrogen-bond acceptors (Lipinski definition) is 1. The van der Waals surface area contributed by atoms with Crippen LogP contribution in [0.4, 0.5) is 0 Å². The average Bonchev–Trinajstić information content (AvgIpc) is 1.94. The first-order valence-electron chi connectivity index (χ1n) is 5.68. The standard InChI is InChI=1S/C12H26O/c1-5-6-7-8-9-11(2)10-12(3,4)13/h11,13H,5-10H2,1-4H3. The number of unbranched alkanes of at least 4 members (excludes halogenated alkanes) is 3. The number of aliphatic hydroxyl groups is 1. The van der Waals surface area contributed by atoms with Crippen molar-refractivity contribution in [3.8, 4) is 0 Å². The molecule has 0 heterocycles. The van der Waals surface area contributed by atoms with Crippen molar-refractivity contribution in [2.24, 2.45) is 5.92 Å². The van der Waals surface area contributed by atoms with Gasteiger partial charge in [0.1, 0.15) is 0 Å². The van der Waals surface area contributed by atoms with Crippen LogP contribution >= 0.6 is 0 Å². The molecule has 1 N–H and O–H groups in total. The highest BCUT2D eigenvalue weighted by molar-refractivity contribution is 4.69. The Bertz CT molecular complexity index is 113. The molecular formula is C12H26O. The van der Waals surface area contributed by atoms with Gasteiger partial charge in [-0.15, -0.1) is 0 Å². The summed E-state index contributed by atoms with van der Waals surface area (Å²) in [6.07, 6.45) is 7.54. The highest BCUT2D eigenvalue weighted by Crippen LogP contribution is 2.20. The largest absolute Gasteiger partial charge is 0.390 e. The van der Waals surface area contributed by atoms with E-state index >= 15 is 0 Å². The maximum atomic E-state index is 9.59. The maximum Gasteiger partial charge on any atom is 0.0594 e. The molecule has 0 bridgehead atoms. The zero-order valence-electron chi connectivity index (χ0n) is 9.77. The van der Waals surface area contributed by atoms with Crippen LogP contribution in [0.5, 0.6) is 0 Å². The summed E-state index contributed by atoms with van der Waals surface area (Å²) in [7, 11) is 0. The van der Waals surface area contributed by atoms with Crippen molar-refractivity contribution in [3.05, 3.63) is 0 Å². The summed E-state index contributed by atoms with van der Waals surface area (Å²) in [6, 6.07) is 0. The van der Waals surface area contributed by atoms with E-state index < -0.39 is 5.60 Å². The third-order valence-electron chi connectivity index (χ3n) is 2.40. The molecule has 1 nitrogen and oxygen atoms in total. The van der Waals surface area contributed by atoms with Gasteiger partial charge in [-0.1, -0.05) is 46.0 Å². The van der Waals surface area contributed by atoms with E-state index in [1.807, 2.05) is 13.8 Å². The van der Waals surface area contributed by atoms with E-state index in [9.17, 15) is 5.11 Å². The molecule has 0 aromatic rings. The normalized spacial score (nSPS) is 14.5. The first kappa shape index (κ1) is 13.0. The molecule has 0 radical (unpaired) electrons. The van der Waals surface area contributed by atoms with E-state index in [4.69, 9.17) is 0 Å². The SMILES string of the molecule is CCCCCCC(C)CC(C)(C)O. The van der Waals surface area contributed by atoms with E-state index in [-0.39, 0.29) is 0 Å². The van der Waals surface area contributed by atoms with Gasteiger partial charge in [-0.05, 0) is 26.2 Å². The van der Waals surface area contributed by atoms with E-state index in [0.717, 1.165) is 6.42 Å². The van der Waals surface area contributed by atoms with Crippen LogP contribution in [0.3, 0.4) is 0 Å². The van der Waals surface area contributed by atoms with Gasteiger partial charge in [0.15, 0.2) is 0 Å². The van der Waals surface area contributed by atoms with Gasteiger partial charge in [-0.3, -0.25) is 0 Å². The first-order valence-corrected chi connectivity index (χ1v) is 5.68. The van der Waals surface area contributed by atoms with Crippen molar-refractivity contribution >= 4 is 0 Å². The van der Waals surface area contributed by atoms with Crippen LogP contribution < -0.4 is 0 Å². The number of hydrogen-bond donors (Lipinski definition) is 1. The molecule has 0 aliphatic carbocycles. The van der Waals surface area contributed by atoms with Gasteiger partial charge >= 0.3 is 0 Å². The maximum absolute atomic E-state index is 9.59. The second kappa shape index (κ2) is 6.42. The Morgan fingerprint density at radius 1 is 1.15 bits per heavy atom. The zero-order valence-corrected chi connectivity index (χ0v) is 9.77. The summed E-state index contributed by atoms with van der Waals surface area (Å²) in [5.74, 6) is 0.664. The molecule has 0 aromatic carbocycles. The summed E-state index contributed by atoms with van der Waals surface area (Å²) >= 11 is 0. The summed E-state index contributed by atoms with van der Waals surface area (Å²) in [6.45, 7) is 8.27. The minimum atomic E-state index is -0.482. The van der Waals surface area contributed by atoms with E-state index in [1.54, 1.807) is 0 Å². The average molecular weight is 186 g/mol. The molecular weight excluding hydrogens is 160 g/mol. The molecule has 0 rings (SSSR count). The molecule has 0 aliphatic heterocycles. The summed E-state index contributed by atoms with van der Waals surface area (Å²) in [5, 5.41) is 9.59. The third kappa shape index (κ3) is 9.88. The lowest BCUT2D eigenvalue weighted by Gasteiger charge is -2.21. The molecule has 1 unspecified atom stereocenters. The van der Waals surface area contributed by atoms with Gasteiger partial charge in [-0.2, -0.15) is 0 Å². The van der Waals surface area contributed by atoms with E-state index in [2.05, 4.69) is 13.8 Å². The van der Waals surface area contributed by atoms with Gasteiger partial charge in [0.05, 0.1) is 5.60 Å². The number of rotatable bonds is 7. The topological polar surface area (TPSA) is 20.2 Å². The fourth-order valence-electron chi connectivity index (χ4n) is 1.87. The van der Waals surface area contributed by atoms with Crippen LogP contribution in [0.2, 0.25) is 0 Å². The highest BCUT2D eigenvalue weighted by Gasteiger charge is 2.16. The molecule has 80 valence electrons. The first-order chi connectivity index (χ1) is 5.95. The van der Waals surface area contributed by atoms with Gasteiger partial charge in [0.25, 0.3) is 0 Å². The Kier molecular flexibility index (Phi) is 6.40. The fourth-order valence-corrected chi connectivity index (χ4v) is 1.87. The van der Waals surface area contributed by atoms with Crippen molar-refractivity contribution < 1.29 is 5.11 Å².